The van der Waals surface area contributed by atoms with Crippen molar-refractivity contribution in [3.05, 3.63) is 59.9 Å². The fraction of sp³-hybridized carbons (Fsp3) is 0.333. The van der Waals surface area contributed by atoms with Crippen molar-refractivity contribution in [2.24, 2.45) is 7.05 Å². The summed E-state index contributed by atoms with van der Waals surface area (Å²) < 4.78 is 39.0. The van der Waals surface area contributed by atoms with Gasteiger partial charge in [0.15, 0.2) is 12.4 Å². The molecule has 0 saturated carbocycles. The van der Waals surface area contributed by atoms with Crippen LogP contribution in [-0.4, -0.2) is 50.4 Å². The zero-order valence-electron chi connectivity index (χ0n) is 18.1. The number of rotatable bonds is 8. The van der Waals surface area contributed by atoms with Crippen LogP contribution in [0.2, 0.25) is 0 Å². The Morgan fingerprint density at radius 3 is 2.16 bits per heavy atom. The minimum atomic E-state index is -4.41. The molecular formula is C21H28N2O5S3. The summed E-state index contributed by atoms with van der Waals surface area (Å²) in [5.41, 5.74) is 3.59. The Morgan fingerprint density at radius 2 is 1.68 bits per heavy atom. The molecule has 0 saturated heterocycles. The Hall–Kier alpha value is -1.98. The molecule has 0 N–H and O–H groups in total. The third-order valence-corrected chi connectivity index (χ3v) is 5.54. The van der Waals surface area contributed by atoms with E-state index in [4.69, 9.17) is 17.0 Å². The van der Waals surface area contributed by atoms with Crippen LogP contribution in [0.15, 0.2) is 48.8 Å². The summed E-state index contributed by atoms with van der Waals surface area (Å²) in [6.07, 6.45) is 8.36. The van der Waals surface area contributed by atoms with Gasteiger partial charge in [0.2, 0.25) is 14.8 Å². The molecule has 7 nitrogen and oxygen atoms in total. The number of thioether (sulfide) groups is 1. The standard InChI is InChI=1S/C20H25N2OS2.CH4O4S/c1-4-23-20(24)25-16-15-22(3)19-9-7-17(8-10-19)5-6-18-11-13-21(2)14-12-18;1-5-6(2,3)4/h5-14H,4,15-16H2,1-3H3;1H3,(H,2,3,4)/q+1;/p-1. The summed E-state index contributed by atoms with van der Waals surface area (Å²) in [4.78, 5) is 2.23. The van der Waals surface area contributed by atoms with E-state index in [0.717, 1.165) is 19.4 Å². The van der Waals surface area contributed by atoms with Gasteiger partial charge >= 0.3 is 0 Å². The number of thiocarbonyl (C=S) groups is 1. The van der Waals surface area contributed by atoms with Crippen LogP contribution in [0.3, 0.4) is 0 Å². The van der Waals surface area contributed by atoms with E-state index in [1.54, 1.807) is 11.8 Å². The van der Waals surface area contributed by atoms with Crippen LogP contribution in [0.1, 0.15) is 18.1 Å². The molecule has 1 aromatic carbocycles. The topological polar surface area (TPSA) is 82.8 Å². The molecule has 0 spiro atoms. The van der Waals surface area contributed by atoms with E-state index >= 15 is 0 Å². The van der Waals surface area contributed by atoms with Gasteiger partial charge in [0.1, 0.15) is 7.05 Å². The second-order valence-electron chi connectivity index (χ2n) is 6.25. The van der Waals surface area contributed by atoms with E-state index < -0.39 is 10.4 Å². The van der Waals surface area contributed by atoms with Crippen molar-refractivity contribution in [2.45, 2.75) is 6.92 Å². The van der Waals surface area contributed by atoms with Gasteiger partial charge in [-0.05, 0) is 42.4 Å². The molecular weight excluding hydrogens is 456 g/mol. The third kappa shape index (κ3) is 12.5. The summed E-state index contributed by atoms with van der Waals surface area (Å²) in [6, 6.07) is 12.8. The second kappa shape index (κ2) is 14.2. The van der Waals surface area contributed by atoms with Crippen LogP contribution < -0.4 is 9.47 Å². The Morgan fingerprint density at radius 1 is 1.16 bits per heavy atom. The molecule has 0 fully saturated rings. The molecule has 1 heterocycles. The van der Waals surface area contributed by atoms with Crippen LogP contribution in [0, 0.1) is 0 Å². The SMILES string of the molecule is CCOC(=S)SCCN(C)c1ccc(/C=C/c2cc[n+](C)cc2)cc1.COS(=O)(=O)[O-]. The lowest BCUT2D eigenvalue weighted by atomic mass is 10.1. The van der Waals surface area contributed by atoms with Crippen molar-refractivity contribution in [1.29, 1.82) is 0 Å². The van der Waals surface area contributed by atoms with Gasteiger partial charge in [0.25, 0.3) is 0 Å². The van der Waals surface area contributed by atoms with Gasteiger partial charge in [-0.1, -0.05) is 36.0 Å². The normalized spacial score (nSPS) is 11.0. The zero-order valence-corrected chi connectivity index (χ0v) is 20.5. The summed E-state index contributed by atoms with van der Waals surface area (Å²) in [5.74, 6) is 0.919. The van der Waals surface area contributed by atoms with Crippen LogP contribution in [0.4, 0.5) is 5.69 Å². The first-order valence-corrected chi connectivity index (χ1v) is 12.1. The second-order valence-corrected chi connectivity index (χ2v) is 9.10. The number of nitrogens with zero attached hydrogens (tertiary/aromatic N) is 2. The highest BCUT2D eigenvalue weighted by molar-refractivity contribution is 8.22. The molecule has 31 heavy (non-hydrogen) atoms. The number of hydrogen-bond acceptors (Lipinski definition) is 8. The summed E-state index contributed by atoms with van der Waals surface area (Å²) in [5, 5.41) is 0. The summed E-state index contributed by atoms with van der Waals surface area (Å²) in [7, 11) is 0.512. The number of pyridine rings is 1. The van der Waals surface area contributed by atoms with E-state index in [2.05, 4.69) is 64.7 Å². The monoisotopic (exact) mass is 484 g/mol. The van der Waals surface area contributed by atoms with Crippen molar-refractivity contribution in [3.63, 3.8) is 0 Å². The number of hydrogen-bond donors (Lipinski definition) is 0. The molecule has 0 radical (unpaired) electrons. The first-order valence-electron chi connectivity index (χ1n) is 9.40. The Kier molecular flexibility index (Phi) is 12.4. The molecule has 0 aliphatic rings. The van der Waals surface area contributed by atoms with Crippen LogP contribution in [0.5, 0.6) is 0 Å². The maximum Gasteiger partial charge on any atom is 0.220 e. The highest BCUT2D eigenvalue weighted by Crippen LogP contribution is 2.16. The van der Waals surface area contributed by atoms with Crippen molar-refractivity contribution < 1.29 is 26.5 Å². The van der Waals surface area contributed by atoms with Gasteiger partial charge in [0, 0.05) is 37.2 Å². The average Bonchev–Trinajstić information content (AvgIpc) is 2.74. The molecule has 1 aromatic heterocycles. The third-order valence-electron chi connectivity index (χ3n) is 3.92. The molecule has 0 aliphatic heterocycles. The molecule has 0 unspecified atom stereocenters. The van der Waals surface area contributed by atoms with Gasteiger partial charge in [-0.2, -0.15) is 0 Å². The molecule has 0 amide bonds. The highest BCUT2D eigenvalue weighted by Gasteiger charge is 2.03. The highest BCUT2D eigenvalue weighted by atomic mass is 32.3. The quantitative estimate of drug-likeness (QED) is 0.244. The molecule has 170 valence electrons. The molecule has 2 rings (SSSR count). The van der Waals surface area contributed by atoms with E-state index in [-0.39, 0.29) is 0 Å². The van der Waals surface area contributed by atoms with E-state index in [1.165, 1.54) is 16.8 Å². The van der Waals surface area contributed by atoms with Crippen molar-refractivity contribution in [1.82, 2.24) is 0 Å². The van der Waals surface area contributed by atoms with Crippen LogP contribution >= 0.6 is 24.0 Å². The molecule has 2 aromatic rings. The molecule has 0 atom stereocenters. The minimum Gasteiger partial charge on any atom is -0.726 e. The smallest absolute Gasteiger partial charge is 0.220 e. The van der Waals surface area contributed by atoms with Gasteiger partial charge in [0.05, 0.1) is 13.7 Å². The number of benzene rings is 1. The predicted molar refractivity (Wildman–Crippen MR) is 130 cm³/mol. The largest absolute Gasteiger partial charge is 0.726 e. The van der Waals surface area contributed by atoms with Gasteiger partial charge < -0.3 is 14.2 Å². The van der Waals surface area contributed by atoms with Gasteiger partial charge in [-0.3, -0.25) is 4.18 Å². The van der Waals surface area contributed by atoms with Gasteiger partial charge in [-0.15, -0.1) is 0 Å². The summed E-state index contributed by atoms with van der Waals surface area (Å²) in [6.45, 7) is 3.51. The molecule has 0 bridgehead atoms. The van der Waals surface area contributed by atoms with Crippen molar-refractivity contribution in [2.75, 3.05) is 38.0 Å². The number of ether oxygens (including phenoxy) is 1. The van der Waals surface area contributed by atoms with E-state index in [0.29, 0.717) is 11.0 Å². The number of aryl methyl sites for hydroxylation is 1. The fourth-order valence-corrected chi connectivity index (χ4v) is 3.31. The average molecular weight is 485 g/mol. The maximum absolute atomic E-state index is 9.22. The number of anilines is 1. The Balaban J connectivity index is 0.000000703. The maximum atomic E-state index is 9.22. The Labute approximate surface area is 194 Å². The number of aromatic nitrogens is 1. The van der Waals surface area contributed by atoms with E-state index in [1.807, 2.05) is 30.9 Å². The predicted octanol–water partition coefficient (Wildman–Crippen LogP) is 3.27. The lowest BCUT2D eigenvalue weighted by molar-refractivity contribution is -0.671. The minimum absolute atomic E-state index is 0.630. The zero-order chi connectivity index (χ0) is 23.3. The molecule has 10 heteroatoms. The summed E-state index contributed by atoms with van der Waals surface area (Å²) >= 11 is 6.72. The first-order chi connectivity index (χ1) is 14.6. The van der Waals surface area contributed by atoms with Crippen molar-refractivity contribution in [3.8, 4) is 0 Å². The lowest BCUT2D eigenvalue weighted by Crippen LogP contribution is -2.25. The Bertz CT molecular complexity index is 930. The van der Waals surface area contributed by atoms with Crippen molar-refractivity contribution >= 4 is 56.6 Å². The molecule has 0 aliphatic carbocycles. The fourth-order valence-electron chi connectivity index (χ4n) is 2.21. The lowest BCUT2D eigenvalue weighted by Gasteiger charge is -2.19. The van der Waals surface area contributed by atoms with Gasteiger partial charge in [-0.25, -0.2) is 13.0 Å². The first kappa shape index (κ1) is 27.1. The van der Waals surface area contributed by atoms with Crippen LogP contribution in [0.25, 0.3) is 12.2 Å². The van der Waals surface area contributed by atoms with Crippen LogP contribution in [-0.2, 0) is 26.4 Å². The van der Waals surface area contributed by atoms with E-state index in [9.17, 15) is 13.0 Å².